The number of nitrogens with one attached hydrogen (secondary N) is 1. The van der Waals surface area contributed by atoms with Crippen LogP contribution in [0.1, 0.15) is 26.5 Å². The lowest BCUT2D eigenvalue weighted by Crippen LogP contribution is -2.31. The smallest absolute Gasteiger partial charge is 0.241 e. The summed E-state index contributed by atoms with van der Waals surface area (Å²) in [6.07, 6.45) is 0.668. The van der Waals surface area contributed by atoms with Gasteiger partial charge in [0, 0.05) is 0 Å². The predicted molar refractivity (Wildman–Crippen MR) is 55.3 cm³/mol. The van der Waals surface area contributed by atoms with Gasteiger partial charge in [-0.05, 0) is 25.4 Å². The monoisotopic (exact) mass is 261 g/mol. The van der Waals surface area contributed by atoms with E-state index in [1.54, 1.807) is 13.8 Å². The average Bonchev–Trinajstić information content (AvgIpc) is 2.50. The topological polar surface area (TPSA) is 68.0 Å². The van der Waals surface area contributed by atoms with E-state index in [0.29, 0.717) is 17.9 Å². The predicted octanol–water partition coefficient (Wildman–Crippen LogP) is 1.74. The molecule has 0 aliphatic heterocycles. The first-order valence-electron chi connectivity index (χ1n) is 4.27. The number of amides is 1. The minimum absolute atomic E-state index is 0.178. The lowest BCUT2D eigenvalue weighted by atomic mass is 10.2. The minimum Gasteiger partial charge on any atom is -0.305 e. The second kappa shape index (κ2) is 4.08. The van der Waals surface area contributed by atoms with Crippen LogP contribution in [0, 0.1) is 0 Å². The van der Waals surface area contributed by atoms with Crippen LogP contribution in [0.2, 0.25) is 0 Å². The van der Waals surface area contributed by atoms with Gasteiger partial charge >= 0.3 is 0 Å². The fourth-order valence-electron chi connectivity index (χ4n) is 0.790. The molecule has 1 aromatic heterocycles. The van der Waals surface area contributed by atoms with E-state index in [4.69, 9.17) is 0 Å². The van der Waals surface area contributed by atoms with Crippen molar-refractivity contribution in [2.75, 3.05) is 5.32 Å². The molecule has 1 heterocycles. The zero-order valence-electron chi connectivity index (χ0n) is 8.30. The second-order valence-corrected chi connectivity index (χ2v) is 5.32. The van der Waals surface area contributed by atoms with Gasteiger partial charge in [-0.15, -0.1) is 0 Å². The molecule has 78 valence electrons. The Morgan fingerprint density at radius 1 is 1.57 bits per heavy atom. The number of carbonyl (C=O) groups is 1. The molecule has 0 radical (unpaired) electrons. The van der Waals surface area contributed by atoms with Crippen molar-refractivity contribution in [3.05, 3.63) is 5.69 Å². The van der Waals surface area contributed by atoms with Gasteiger partial charge in [0.05, 0.1) is 4.32 Å². The van der Waals surface area contributed by atoms with Crippen LogP contribution in [0.4, 0.5) is 5.82 Å². The maximum absolute atomic E-state index is 11.5. The molecule has 0 saturated heterocycles. The first-order valence-corrected chi connectivity index (χ1v) is 5.06. The van der Waals surface area contributed by atoms with E-state index >= 15 is 0 Å². The first-order chi connectivity index (χ1) is 6.45. The molecule has 0 aliphatic rings. The van der Waals surface area contributed by atoms with Crippen LogP contribution in [-0.2, 0) is 11.2 Å². The van der Waals surface area contributed by atoms with Crippen molar-refractivity contribution in [1.82, 2.24) is 10.3 Å². The highest BCUT2D eigenvalue weighted by atomic mass is 79.9. The third-order valence-corrected chi connectivity index (χ3v) is 2.02. The maximum Gasteiger partial charge on any atom is 0.241 e. The van der Waals surface area contributed by atoms with Crippen LogP contribution >= 0.6 is 15.9 Å². The lowest BCUT2D eigenvalue weighted by Gasteiger charge is -2.14. The first kappa shape index (κ1) is 11.2. The molecule has 0 aliphatic carbocycles. The summed E-state index contributed by atoms with van der Waals surface area (Å²) < 4.78 is 3.89. The molecule has 0 fully saturated rings. The summed E-state index contributed by atoms with van der Waals surface area (Å²) in [5.74, 6) is 0.216. The Morgan fingerprint density at radius 2 is 2.21 bits per heavy atom. The summed E-state index contributed by atoms with van der Waals surface area (Å²) in [5.41, 5.74) is 0.648. The molecule has 1 N–H and O–H groups in total. The number of anilines is 1. The molecule has 6 heteroatoms. The number of alkyl halides is 1. The Labute approximate surface area is 90.3 Å². The molecule has 5 nitrogen and oxygen atoms in total. The number of nitrogens with zero attached hydrogens (tertiary/aromatic N) is 2. The van der Waals surface area contributed by atoms with Gasteiger partial charge in [0.25, 0.3) is 0 Å². The highest BCUT2D eigenvalue weighted by Crippen LogP contribution is 2.19. The zero-order valence-corrected chi connectivity index (χ0v) is 9.88. The van der Waals surface area contributed by atoms with E-state index < -0.39 is 4.32 Å². The summed E-state index contributed by atoms with van der Waals surface area (Å²) in [5, 5.41) is 9.88. The molecule has 0 aromatic carbocycles. The molecule has 14 heavy (non-hydrogen) atoms. The number of aromatic nitrogens is 2. The lowest BCUT2D eigenvalue weighted by molar-refractivity contribution is -0.117. The number of aryl methyl sites for hydroxylation is 1. The highest BCUT2D eigenvalue weighted by Gasteiger charge is 2.25. The van der Waals surface area contributed by atoms with Crippen molar-refractivity contribution in [1.29, 1.82) is 0 Å². The van der Waals surface area contributed by atoms with Crippen molar-refractivity contribution < 1.29 is 9.42 Å². The third kappa shape index (κ3) is 2.54. The van der Waals surface area contributed by atoms with Gasteiger partial charge in [-0.2, -0.15) is 0 Å². The third-order valence-electron chi connectivity index (χ3n) is 1.66. The van der Waals surface area contributed by atoms with Crippen LogP contribution < -0.4 is 5.32 Å². The van der Waals surface area contributed by atoms with E-state index in [0.717, 1.165) is 0 Å². The number of halogens is 1. The van der Waals surface area contributed by atoms with Crippen LogP contribution in [0.3, 0.4) is 0 Å². The summed E-state index contributed by atoms with van der Waals surface area (Å²) in [4.78, 5) is 11.5. The highest BCUT2D eigenvalue weighted by molar-refractivity contribution is 9.10. The number of carbonyl (C=O) groups excluding carboxylic acids is 1. The van der Waals surface area contributed by atoms with Gasteiger partial charge in [0.2, 0.25) is 11.7 Å². The summed E-state index contributed by atoms with van der Waals surface area (Å²) in [7, 11) is 0. The van der Waals surface area contributed by atoms with Gasteiger partial charge < -0.3 is 5.32 Å². The number of hydrogen-bond acceptors (Lipinski definition) is 4. The van der Waals surface area contributed by atoms with Crippen LogP contribution in [-0.4, -0.2) is 20.5 Å². The van der Waals surface area contributed by atoms with E-state index in [9.17, 15) is 4.79 Å². The summed E-state index contributed by atoms with van der Waals surface area (Å²) in [6.45, 7) is 5.41. The van der Waals surface area contributed by atoms with Crippen molar-refractivity contribution in [2.24, 2.45) is 0 Å². The fourth-order valence-corrected chi connectivity index (χ4v) is 0.889. The Balaban J connectivity index is 2.74. The summed E-state index contributed by atoms with van der Waals surface area (Å²) >= 11 is 3.25. The van der Waals surface area contributed by atoms with E-state index in [-0.39, 0.29) is 5.91 Å². The van der Waals surface area contributed by atoms with Gasteiger partial charge in [-0.1, -0.05) is 28.0 Å². The molecule has 1 rings (SSSR count). The minimum atomic E-state index is -0.628. The second-order valence-electron chi connectivity index (χ2n) is 3.34. The molecular formula is C8H12BrN3O2. The molecule has 0 bridgehead atoms. The van der Waals surface area contributed by atoms with Gasteiger partial charge in [0.15, 0.2) is 0 Å². The van der Waals surface area contributed by atoms with Gasteiger partial charge in [-0.25, -0.2) is 4.63 Å². The van der Waals surface area contributed by atoms with Crippen molar-refractivity contribution in [2.45, 2.75) is 31.5 Å². The molecule has 0 saturated carbocycles. The standard InChI is InChI=1S/C8H12BrN3O2/c1-4-5-6(12-14-11-5)10-7(13)8(2,3)9/h4H2,1-3H3,(H,10,12,13). The van der Waals surface area contributed by atoms with Gasteiger partial charge in [-0.3, -0.25) is 4.79 Å². The van der Waals surface area contributed by atoms with Crippen LogP contribution in [0.15, 0.2) is 4.63 Å². The van der Waals surface area contributed by atoms with Gasteiger partial charge in [0.1, 0.15) is 5.69 Å². The average molecular weight is 262 g/mol. The number of hydrogen-bond donors (Lipinski definition) is 1. The molecular weight excluding hydrogens is 250 g/mol. The van der Waals surface area contributed by atoms with Crippen molar-refractivity contribution in [3.8, 4) is 0 Å². The van der Waals surface area contributed by atoms with E-state index in [1.807, 2.05) is 6.92 Å². The van der Waals surface area contributed by atoms with Crippen LogP contribution in [0.25, 0.3) is 0 Å². The maximum atomic E-state index is 11.5. The zero-order chi connectivity index (χ0) is 10.8. The summed E-state index contributed by atoms with van der Waals surface area (Å²) in [6, 6.07) is 0. The molecule has 0 unspecified atom stereocenters. The quantitative estimate of drug-likeness (QED) is 0.842. The van der Waals surface area contributed by atoms with Crippen molar-refractivity contribution >= 4 is 27.7 Å². The Morgan fingerprint density at radius 3 is 2.71 bits per heavy atom. The Kier molecular flexibility index (Phi) is 3.25. The number of rotatable bonds is 3. The largest absolute Gasteiger partial charge is 0.305 e. The van der Waals surface area contributed by atoms with E-state index in [1.165, 1.54) is 0 Å². The Bertz CT molecular complexity index is 330. The molecule has 1 amide bonds. The normalized spacial score (nSPS) is 11.4. The van der Waals surface area contributed by atoms with E-state index in [2.05, 4.69) is 36.2 Å². The Hall–Kier alpha value is -0.910. The van der Waals surface area contributed by atoms with Crippen LogP contribution in [0.5, 0.6) is 0 Å². The molecule has 0 atom stereocenters. The SMILES string of the molecule is CCc1nonc1NC(=O)C(C)(C)Br. The van der Waals surface area contributed by atoms with Crippen molar-refractivity contribution in [3.63, 3.8) is 0 Å². The molecule has 0 spiro atoms. The fraction of sp³-hybridized carbons (Fsp3) is 0.625. The molecule has 1 aromatic rings.